The van der Waals surface area contributed by atoms with Crippen molar-refractivity contribution < 1.29 is 10.0 Å². The van der Waals surface area contributed by atoms with Crippen LogP contribution in [0.3, 0.4) is 0 Å². The van der Waals surface area contributed by atoms with E-state index in [1.807, 2.05) is 11.8 Å². The highest BCUT2D eigenvalue weighted by Gasteiger charge is 2.18. The van der Waals surface area contributed by atoms with E-state index in [1.165, 1.54) is 6.07 Å². The second-order valence-corrected chi connectivity index (χ2v) is 4.52. The molecule has 0 spiro atoms. The molecule has 0 aliphatic heterocycles. The number of rotatable bonds is 6. The van der Waals surface area contributed by atoms with Gasteiger partial charge in [-0.25, -0.2) is 0 Å². The summed E-state index contributed by atoms with van der Waals surface area (Å²) >= 11 is 3.22. The monoisotopic (exact) mass is 302 g/mol. The van der Waals surface area contributed by atoms with Crippen LogP contribution in [0.5, 0.6) is 0 Å². The molecule has 0 heterocycles. The van der Waals surface area contributed by atoms with Gasteiger partial charge in [0, 0.05) is 23.6 Å². The Morgan fingerprint density at radius 2 is 2.18 bits per heavy atom. The standard InChI is InChI=1S/C11H15BrN2O3/c1-2-5-13(6-7-15)10-4-3-9(12)8-11(10)14(16)17/h3-4,8,15H,2,5-7H2,1H3. The Bertz CT molecular complexity index is 392. The highest BCUT2D eigenvalue weighted by Crippen LogP contribution is 2.31. The van der Waals surface area contributed by atoms with Crippen LogP contribution in [0.1, 0.15) is 13.3 Å². The molecule has 0 radical (unpaired) electrons. The second kappa shape index (κ2) is 6.56. The number of anilines is 1. The van der Waals surface area contributed by atoms with E-state index in [1.54, 1.807) is 12.1 Å². The number of benzene rings is 1. The number of nitrogens with zero attached hydrogens (tertiary/aromatic N) is 2. The maximum absolute atomic E-state index is 11.0. The zero-order valence-electron chi connectivity index (χ0n) is 9.60. The molecule has 1 rings (SSSR count). The quantitative estimate of drug-likeness (QED) is 0.648. The highest BCUT2D eigenvalue weighted by atomic mass is 79.9. The third-order valence-corrected chi connectivity index (χ3v) is 2.83. The van der Waals surface area contributed by atoms with Crippen molar-refractivity contribution in [3.8, 4) is 0 Å². The number of aliphatic hydroxyl groups is 1. The lowest BCUT2D eigenvalue weighted by molar-refractivity contribution is -0.384. The van der Waals surface area contributed by atoms with Gasteiger partial charge in [-0.2, -0.15) is 0 Å². The Balaban J connectivity index is 3.12. The zero-order valence-corrected chi connectivity index (χ0v) is 11.2. The van der Waals surface area contributed by atoms with Gasteiger partial charge in [0.15, 0.2) is 0 Å². The summed E-state index contributed by atoms with van der Waals surface area (Å²) in [5.41, 5.74) is 0.607. The molecule has 94 valence electrons. The van der Waals surface area contributed by atoms with Gasteiger partial charge in [-0.1, -0.05) is 22.9 Å². The van der Waals surface area contributed by atoms with Gasteiger partial charge in [0.25, 0.3) is 5.69 Å². The Morgan fingerprint density at radius 3 is 2.71 bits per heavy atom. The summed E-state index contributed by atoms with van der Waals surface area (Å²) in [5, 5.41) is 20.0. The van der Waals surface area contributed by atoms with Crippen molar-refractivity contribution in [1.82, 2.24) is 0 Å². The molecule has 1 aromatic carbocycles. The second-order valence-electron chi connectivity index (χ2n) is 3.60. The van der Waals surface area contributed by atoms with Crippen LogP contribution in [0.15, 0.2) is 22.7 Å². The summed E-state index contributed by atoms with van der Waals surface area (Å²) in [6.07, 6.45) is 0.868. The lowest BCUT2D eigenvalue weighted by Crippen LogP contribution is -2.28. The Morgan fingerprint density at radius 1 is 1.47 bits per heavy atom. The van der Waals surface area contributed by atoms with E-state index in [-0.39, 0.29) is 12.3 Å². The Kier molecular flexibility index (Phi) is 5.37. The molecule has 0 aromatic heterocycles. The Labute approximate surface area is 108 Å². The predicted octanol–water partition coefficient (Wildman–Crippen LogP) is 2.57. The number of nitro benzene ring substituents is 1. The maximum atomic E-state index is 11.0. The third-order valence-electron chi connectivity index (χ3n) is 2.34. The molecule has 6 heteroatoms. The topological polar surface area (TPSA) is 66.6 Å². The first kappa shape index (κ1) is 13.9. The molecule has 1 aromatic rings. The van der Waals surface area contributed by atoms with Gasteiger partial charge in [0.05, 0.1) is 11.5 Å². The van der Waals surface area contributed by atoms with Gasteiger partial charge in [-0.15, -0.1) is 0 Å². The van der Waals surface area contributed by atoms with Crippen LogP contribution in [0.4, 0.5) is 11.4 Å². The van der Waals surface area contributed by atoms with Crippen molar-refractivity contribution in [2.45, 2.75) is 13.3 Å². The molecule has 0 bridgehead atoms. The van der Waals surface area contributed by atoms with Crippen LogP contribution in [0, 0.1) is 10.1 Å². The Hall–Kier alpha value is -1.14. The normalized spacial score (nSPS) is 10.3. The van der Waals surface area contributed by atoms with Crippen molar-refractivity contribution in [2.24, 2.45) is 0 Å². The molecule has 0 atom stereocenters. The molecule has 0 saturated carbocycles. The molecule has 0 aliphatic carbocycles. The first-order valence-electron chi connectivity index (χ1n) is 5.40. The third kappa shape index (κ3) is 3.67. The highest BCUT2D eigenvalue weighted by molar-refractivity contribution is 9.10. The van der Waals surface area contributed by atoms with Crippen molar-refractivity contribution in [1.29, 1.82) is 0 Å². The van der Waals surface area contributed by atoms with Crippen molar-refractivity contribution >= 4 is 27.3 Å². The van der Waals surface area contributed by atoms with E-state index in [2.05, 4.69) is 15.9 Å². The van der Waals surface area contributed by atoms with Gasteiger partial charge in [0.1, 0.15) is 5.69 Å². The van der Waals surface area contributed by atoms with Crippen LogP contribution in [-0.4, -0.2) is 29.7 Å². The fourth-order valence-electron chi connectivity index (χ4n) is 1.65. The molecular formula is C11H15BrN2O3. The lowest BCUT2D eigenvalue weighted by Gasteiger charge is -2.23. The summed E-state index contributed by atoms with van der Waals surface area (Å²) in [4.78, 5) is 12.4. The van der Waals surface area contributed by atoms with Crippen LogP contribution in [0.25, 0.3) is 0 Å². The number of aliphatic hydroxyl groups excluding tert-OH is 1. The van der Waals surface area contributed by atoms with Crippen molar-refractivity contribution in [3.05, 3.63) is 32.8 Å². The number of hydrogen-bond donors (Lipinski definition) is 1. The minimum absolute atomic E-state index is 0.0206. The summed E-state index contributed by atoms with van der Waals surface area (Å²) in [6, 6.07) is 4.95. The molecule has 0 aliphatic rings. The lowest BCUT2D eigenvalue weighted by atomic mass is 10.2. The van der Waals surface area contributed by atoms with Crippen LogP contribution >= 0.6 is 15.9 Å². The van der Waals surface area contributed by atoms with Gasteiger partial charge >= 0.3 is 0 Å². The van der Waals surface area contributed by atoms with Crippen LogP contribution in [0.2, 0.25) is 0 Å². The number of nitro groups is 1. The van der Waals surface area contributed by atoms with Gasteiger partial charge < -0.3 is 10.0 Å². The smallest absolute Gasteiger partial charge is 0.293 e. The zero-order chi connectivity index (χ0) is 12.8. The van der Waals surface area contributed by atoms with E-state index in [4.69, 9.17) is 5.11 Å². The van der Waals surface area contributed by atoms with E-state index in [0.29, 0.717) is 23.2 Å². The van der Waals surface area contributed by atoms with E-state index < -0.39 is 4.92 Å². The average molecular weight is 303 g/mol. The fraction of sp³-hybridized carbons (Fsp3) is 0.455. The van der Waals surface area contributed by atoms with Gasteiger partial charge in [-0.3, -0.25) is 10.1 Å². The first-order valence-corrected chi connectivity index (χ1v) is 6.19. The number of hydrogen-bond acceptors (Lipinski definition) is 4. The molecule has 5 nitrogen and oxygen atoms in total. The number of halogens is 1. The van der Waals surface area contributed by atoms with Gasteiger partial charge in [-0.05, 0) is 18.6 Å². The van der Waals surface area contributed by atoms with Gasteiger partial charge in [0.2, 0.25) is 0 Å². The molecule has 1 N–H and O–H groups in total. The summed E-state index contributed by atoms with van der Waals surface area (Å²) in [5.74, 6) is 0. The van der Waals surface area contributed by atoms with E-state index in [9.17, 15) is 10.1 Å². The van der Waals surface area contributed by atoms with E-state index >= 15 is 0 Å². The molecule has 0 amide bonds. The minimum Gasteiger partial charge on any atom is -0.395 e. The van der Waals surface area contributed by atoms with Crippen LogP contribution in [-0.2, 0) is 0 Å². The van der Waals surface area contributed by atoms with Crippen molar-refractivity contribution in [2.75, 3.05) is 24.6 Å². The largest absolute Gasteiger partial charge is 0.395 e. The molecule has 0 fully saturated rings. The van der Waals surface area contributed by atoms with Crippen LogP contribution < -0.4 is 4.90 Å². The predicted molar refractivity (Wildman–Crippen MR) is 70.4 cm³/mol. The summed E-state index contributed by atoms with van der Waals surface area (Å²) in [7, 11) is 0. The van der Waals surface area contributed by atoms with E-state index in [0.717, 1.165) is 6.42 Å². The molecule has 17 heavy (non-hydrogen) atoms. The van der Waals surface area contributed by atoms with Crippen molar-refractivity contribution in [3.63, 3.8) is 0 Å². The fourth-order valence-corrected chi connectivity index (χ4v) is 2.00. The maximum Gasteiger partial charge on any atom is 0.293 e. The SMILES string of the molecule is CCCN(CCO)c1ccc(Br)cc1[N+](=O)[O-]. The molecular weight excluding hydrogens is 288 g/mol. The summed E-state index contributed by atoms with van der Waals surface area (Å²) < 4.78 is 0.674. The molecule has 0 saturated heterocycles. The average Bonchev–Trinajstić information content (AvgIpc) is 2.28. The molecule has 0 unspecified atom stereocenters. The minimum atomic E-state index is -0.403. The summed E-state index contributed by atoms with van der Waals surface area (Å²) in [6.45, 7) is 3.06. The first-order chi connectivity index (χ1) is 8.10.